The summed E-state index contributed by atoms with van der Waals surface area (Å²) in [4.78, 5) is 18.9. The van der Waals surface area contributed by atoms with Crippen molar-refractivity contribution in [2.75, 3.05) is 13.2 Å². The Labute approximate surface area is 114 Å². The van der Waals surface area contributed by atoms with Crippen molar-refractivity contribution >= 4 is 5.91 Å². The molecule has 0 aliphatic carbocycles. The first-order valence-electron chi connectivity index (χ1n) is 7.05. The van der Waals surface area contributed by atoms with Crippen molar-refractivity contribution in [3.8, 4) is 5.88 Å². The van der Waals surface area contributed by atoms with Gasteiger partial charge in [0.15, 0.2) is 0 Å². The van der Waals surface area contributed by atoms with Gasteiger partial charge in [0, 0.05) is 18.3 Å². The van der Waals surface area contributed by atoms with Crippen molar-refractivity contribution in [3.63, 3.8) is 0 Å². The molecular weight excluding hydrogens is 240 g/mol. The molecule has 1 saturated heterocycles. The number of hydrogen-bond acceptors (Lipinski definition) is 3. The van der Waals surface area contributed by atoms with E-state index in [1.165, 1.54) is 6.42 Å². The molecule has 1 aliphatic rings. The molecule has 4 nitrogen and oxygen atoms in total. The van der Waals surface area contributed by atoms with E-state index >= 15 is 0 Å². The van der Waals surface area contributed by atoms with Crippen molar-refractivity contribution in [2.45, 2.75) is 46.1 Å². The number of carbonyl (C=O) groups excluding carboxylic acids is 1. The molecule has 0 radical (unpaired) electrons. The van der Waals surface area contributed by atoms with Gasteiger partial charge in [-0.1, -0.05) is 0 Å². The number of aromatic nitrogens is 1. The molecule has 1 amide bonds. The van der Waals surface area contributed by atoms with Crippen molar-refractivity contribution in [2.24, 2.45) is 0 Å². The van der Waals surface area contributed by atoms with Crippen LogP contribution in [0, 0.1) is 6.92 Å². The van der Waals surface area contributed by atoms with Crippen LogP contribution in [0.4, 0.5) is 0 Å². The Morgan fingerprint density at radius 3 is 2.95 bits per heavy atom. The Hall–Kier alpha value is -1.58. The molecule has 0 spiro atoms. The molecule has 2 heterocycles. The summed E-state index contributed by atoms with van der Waals surface area (Å²) in [5.41, 5.74) is 1.45. The van der Waals surface area contributed by atoms with Crippen LogP contribution < -0.4 is 4.74 Å². The Bertz CT molecular complexity index is 459. The number of rotatable bonds is 3. The maximum absolute atomic E-state index is 12.6. The normalized spacial score (nSPS) is 19.3. The van der Waals surface area contributed by atoms with E-state index in [1.807, 2.05) is 30.9 Å². The Morgan fingerprint density at radius 1 is 1.47 bits per heavy atom. The van der Waals surface area contributed by atoms with Crippen molar-refractivity contribution in [1.29, 1.82) is 0 Å². The Morgan fingerprint density at radius 2 is 2.26 bits per heavy atom. The van der Waals surface area contributed by atoms with Gasteiger partial charge in [-0.2, -0.15) is 0 Å². The lowest BCUT2D eigenvalue weighted by Gasteiger charge is -2.33. The smallest absolute Gasteiger partial charge is 0.259 e. The monoisotopic (exact) mass is 262 g/mol. The predicted octanol–water partition coefficient (Wildman–Crippen LogP) is 2.80. The van der Waals surface area contributed by atoms with E-state index in [0.717, 1.165) is 25.1 Å². The Kier molecular flexibility index (Phi) is 4.40. The zero-order valence-corrected chi connectivity index (χ0v) is 12.0. The zero-order valence-electron chi connectivity index (χ0n) is 12.0. The van der Waals surface area contributed by atoms with Gasteiger partial charge in [-0.25, -0.2) is 4.98 Å². The maximum Gasteiger partial charge on any atom is 0.259 e. The standard InChI is InChI=1S/C15H22N2O2/c1-4-19-14-13(9-8-11(2)16-14)15(18)17-10-6-5-7-12(17)3/h8-9,12H,4-7,10H2,1-3H3. The van der Waals surface area contributed by atoms with Crippen LogP contribution in [0.2, 0.25) is 0 Å². The summed E-state index contributed by atoms with van der Waals surface area (Å²) in [5.74, 6) is 0.508. The summed E-state index contributed by atoms with van der Waals surface area (Å²) in [6.45, 7) is 7.27. The first-order chi connectivity index (χ1) is 9.13. The second-order valence-corrected chi connectivity index (χ2v) is 5.08. The summed E-state index contributed by atoms with van der Waals surface area (Å²) >= 11 is 0. The van der Waals surface area contributed by atoms with E-state index in [0.29, 0.717) is 24.1 Å². The average Bonchev–Trinajstić information content (AvgIpc) is 2.39. The van der Waals surface area contributed by atoms with E-state index in [1.54, 1.807) is 0 Å². The number of carbonyl (C=O) groups is 1. The fraction of sp³-hybridized carbons (Fsp3) is 0.600. The van der Waals surface area contributed by atoms with Crippen LogP contribution in [0.15, 0.2) is 12.1 Å². The molecule has 0 N–H and O–H groups in total. The van der Waals surface area contributed by atoms with Crippen LogP contribution in [0.25, 0.3) is 0 Å². The molecule has 1 atom stereocenters. The number of likely N-dealkylation sites (tertiary alicyclic amines) is 1. The number of hydrogen-bond donors (Lipinski definition) is 0. The summed E-state index contributed by atoms with van der Waals surface area (Å²) < 4.78 is 5.51. The molecule has 0 aromatic carbocycles. The van der Waals surface area contributed by atoms with Gasteiger partial charge in [-0.15, -0.1) is 0 Å². The highest BCUT2D eigenvalue weighted by atomic mass is 16.5. The van der Waals surface area contributed by atoms with Crippen LogP contribution >= 0.6 is 0 Å². The highest BCUT2D eigenvalue weighted by molar-refractivity contribution is 5.96. The van der Waals surface area contributed by atoms with Gasteiger partial charge >= 0.3 is 0 Å². The van der Waals surface area contributed by atoms with Gasteiger partial charge in [-0.3, -0.25) is 4.79 Å². The summed E-state index contributed by atoms with van der Waals surface area (Å²) in [6, 6.07) is 4.00. The van der Waals surface area contributed by atoms with Gasteiger partial charge in [0.05, 0.1) is 6.61 Å². The first-order valence-corrected chi connectivity index (χ1v) is 7.05. The number of amides is 1. The molecule has 1 aromatic rings. The van der Waals surface area contributed by atoms with E-state index in [9.17, 15) is 4.79 Å². The molecule has 1 aliphatic heterocycles. The van der Waals surface area contributed by atoms with Crippen LogP contribution in [0.5, 0.6) is 5.88 Å². The lowest BCUT2D eigenvalue weighted by molar-refractivity contribution is 0.0630. The molecule has 0 bridgehead atoms. The predicted molar refractivity (Wildman–Crippen MR) is 74.5 cm³/mol. The number of nitrogens with zero attached hydrogens (tertiary/aromatic N) is 2. The number of piperidine rings is 1. The van der Waals surface area contributed by atoms with Crippen LogP contribution in [0.3, 0.4) is 0 Å². The van der Waals surface area contributed by atoms with Gasteiger partial charge in [0.1, 0.15) is 5.56 Å². The van der Waals surface area contributed by atoms with E-state index in [2.05, 4.69) is 11.9 Å². The van der Waals surface area contributed by atoms with Crippen molar-refractivity contribution in [1.82, 2.24) is 9.88 Å². The molecule has 2 rings (SSSR count). The number of pyridine rings is 1. The highest BCUT2D eigenvalue weighted by Crippen LogP contribution is 2.23. The topological polar surface area (TPSA) is 42.4 Å². The Balaban J connectivity index is 2.27. The third-order valence-corrected chi connectivity index (χ3v) is 3.57. The third kappa shape index (κ3) is 3.06. The van der Waals surface area contributed by atoms with Gasteiger partial charge in [0.25, 0.3) is 5.91 Å². The lowest BCUT2D eigenvalue weighted by atomic mass is 10.0. The first kappa shape index (κ1) is 13.8. The molecule has 19 heavy (non-hydrogen) atoms. The van der Waals surface area contributed by atoms with E-state index in [4.69, 9.17) is 4.74 Å². The van der Waals surface area contributed by atoms with Crippen LogP contribution in [-0.2, 0) is 0 Å². The quantitative estimate of drug-likeness (QED) is 0.841. The van der Waals surface area contributed by atoms with Gasteiger partial charge < -0.3 is 9.64 Å². The summed E-state index contributed by atoms with van der Waals surface area (Å²) in [6.07, 6.45) is 3.36. The number of aryl methyl sites for hydroxylation is 1. The van der Waals surface area contributed by atoms with Crippen molar-refractivity contribution in [3.05, 3.63) is 23.4 Å². The fourth-order valence-electron chi connectivity index (χ4n) is 2.50. The van der Waals surface area contributed by atoms with Gasteiger partial charge in [-0.05, 0) is 52.2 Å². The SMILES string of the molecule is CCOc1nc(C)ccc1C(=O)N1CCCCC1C. The fourth-order valence-corrected chi connectivity index (χ4v) is 2.50. The van der Waals surface area contributed by atoms with E-state index < -0.39 is 0 Å². The summed E-state index contributed by atoms with van der Waals surface area (Å²) in [7, 11) is 0. The second kappa shape index (κ2) is 6.04. The van der Waals surface area contributed by atoms with Crippen LogP contribution in [-0.4, -0.2) is 35.0 Å². The number of ether oxygens (including phenoxy) is 1. The highest BCUT2D eigenvalue weighted by Gasteiger charge is 2.26. The van der Waals surface area contributed by atoms with Gasteiger partial charge in [0.2, 0.25) is 5.88 Å². The maximum atomic E-state index is 12.6. The molecule has 104 valence electrons. The molecule has 1 unspecified atom stereocenters. The molecule has 1 fully saturated rings. The molecule has 1 aromatic heterocycles. The minimum atomic E-state index is 0.0446. The molecular formula is C15H22N2O2. The summed E-state index contributed by atoms with van der Waals surface area (Å²) in [5, 5.41) is 0. The van der Waals surface area contributed by atoms with Crippen LogP contribution in [0.1, 0.15) is 49.2 Å². The minimum Gasteiger partial charge on any atom is -0.477 e. The van der Waals surface area contributed by atoms with Crippen molar-refractivity contribution < 1.29 is 9.53 Å². The average molecular weight is 262 g/mol. The third-order valence-electron chi connectivity index (χ3n) is 3.57. The second-order valence-electron chi connectivity index (χ2n) is 5.08. The lowest BCUT2D eigenvalue weighted by Crippen LogP contribution is -2.42. The zero-order chi connectivity index (χ0) is 13.8. The minimum absolute atomic E-state index is 0.0446. The van der Waals surface area contributed by atoms with E-state index in [-0.39, 0.29) is 5.91 Å². The molecule has 0 saturated carbocycles. The molecule has 4 heteroatoms. The largest absolute Gasteiger partial charge is 0.477 e.